The van der Waals surface area contributed by atoms with Crippen LogP contribution in [0.2, 0.25) is 0 Å². The molecule has 3 atom stereocenters. The summed E-state index contributed by atoms with van der Waals surface area (Å²) >= 11 is 0. The number of carbonyl (C=O) groups is 2. The third-order valence-electron chi connectivity index (χ3n) is 8.12. The maximum Gasteiger partial charge on any atom is 0.472 e. The zero-order valence-corrected chi connectivity index (χ0v) is 34.7. The van der Waals surface area contributed by atoms with E-state index in [1.807, 2.05) is 18.2 Å². The third-order valence-corrected chi connectivity index (χ3v) is 9.08. The molecule has 3 unspecified atom stereocenters. The molecule has 0 rings (SSSR count). The molecule has 0 fully saturated rings. The van der Waals surface area contributed by atoms with Crippen LogP contribution in [0.5, 0.6) is 0 Å². The normalized spacial score (nSPS) is 14.8. The largest absolute Gasteiger partial charge is 0.472 e. The van der Waals surface area contributed by atoms with Crippen LogP contribution in [0.3, 0.4) is 0 Å². The van der Waals surface area contributed by atoms with Gasteiger partial charge in [0.2, 0.25) is 0 Å². The standard InChI is InChI=1S/C44H73O10P/c1-3-5-7-9-11-13-15-17-19-20-22-24-26-28-30-32-34-36-44(48)54-42(38-46)40-52-55(49,50)51-39-41(37-45)53-43(47)35-33-31-29-27-25-23-21-18-16-14-12-10-8-6-4-2/h6,8,11-14,17-19,21,25,27,31,33,41-42,45-46H,3-5,7,9-10,15-16,20,22-24,26,28-30,32,34-40H2,1-2H3,(H,49,50)/b8-6-,13-11-,14-12-,19-17-,21-18-,27-25-,33-31-. The van der Waals surface area contributed by atoms with Gasteiger partial charge in [-0.15, -0.1) is 0 Å². The monoisotopic (exact) mass is 792 g/mol. The van der Waals surface area contributed by atoms with Crippen molar-refractivity contribution >= 4 is 19.8 Å². The molecule has 0 aliphatic carbocycles. The molecule has 0 aromatic carbocycles. The summed E-state index contributed by atoms with van der Waals surface area (Å²) in [5.41, 5.74) is 0. The van der Waals surface area contributed by atoms with Gasteiger partial charge in [0, 0.05) is 6.42 Å². The summed E-state index contributed by atoms with van der Waals surface area (Å²) in [6.45, 7) is 1.92. The lowest BCUT2D eigenvalue weighted by Gasteiger charge is -2.20. The fraction of sp³-hybridized carbons (Fsp3) is 0.636. The number of esters is 2. The van der Waals surface area contributed by atoms with E-state index >= 15 is 0 Å². The molecule has 0 radical (unpaired) electrons. The molecular formula is C44H73O10P. The van der Waals surface area contributed by atoms with E-state index in [9.17, 15) is 29.3 Å². The van der Waals surface area contributed by atoms with Crippen molar-refractivity contribution in [2.45, 2.75) is 154 Å². The number of carbonyl (C=O) groups excluding carboxylic acids is 2. The van der Waals surface area contributed by atoms with E-state index in [0.29, 0.717) is 12.8 Å². The lowest BCUT2D eigenvalue weighted by atomic mass is 10.1. The Morgan fingerprint density at radius 3 is 1.40 bits per heavy atom. The highest BCUT2D eigenvalue weighted by atomic mass is 31.2. The first-order chi connectivity index (χ1) is 26.8. The van der Waals surface area contributed by atoms with E-state index in [1.54, 1.807) is 6.08 Å². The molecule has 0 aliphatic heterocycles. The predicted molar refractivity (Wildman–Crippen MR) is 223 cm³/mol. The van der Waals surface area contributed by atoms with Gasteiger partial charge in [-0.1, -0.05) is 144 Å². The van der Waals surface area contributed by atoms with Crippen molar-refractivity contribution in [1.29, 1.82) is 0 Å². The first-order valence-corrected chi connectivity index (χ1v) is 22.0. The van der Waals surface area contributed by atoms with Crippen LogP contribution in [-0.4, -0.2) is 65.7 Å². The maximum atomic E-state index is 12.3. The number of allylic oxidation sites excluding steroid dienone is 13. The van der Waals surface area contributed by atoms with Gasteiger partial charge in [-0.3, -0.25) is 18.6 Å². The topological polar surface area (TPSA) is 149 Å². The summed E-state index contributed by atoms with van der Waals surface area (Å²) < 4.78 is 32.4. The predicted octanol–water partition coefficient (Wildman–Crippen LogP) is 10.7. The molecule has 0 bridgehead atoms. The Balaban J connectivity index is 4.08. The number of phosphoric acid groups is 1. The van der Waals surface area contributed by atoms with Gasteiger partial charge < -0.3 is 24.6 Å². The van der Waals surface area contributed by atoms with Gasteiger partial charge in [-0.25, -0.2) is 4.57 Å². The summed E-state index contributed by atoms with van der Waals surface area (Å²) in [4.78, 5) is 34.4. The van der Waals surface area contributed by atoms with Gasteiger partial charge in [0.15, 0.2) is 0 Å². The van der Waals surface area contributed by atoms with Crippen molar-refractivity contribution in [2.24, 2.45) is 0 Å². The summed E-state index contributed by atoms with van der Waals surface area (Å²) in [7, 11) is -4.67. The Bertz CT molecular complexity index is 1190. The van der Waals surface area contributed by atoms with Crippen molar-refractivity contribution in [3.63, 3.8) is 0 Å². The number of unbranched alkanes of at least 4 members (excludes halogenated alkanes) is 10. The molecule has 55 heavy (non-hydrogen) atoms. The van der Waals surface area contributed by atoms with E-state index in [-0.39, 0.29) is 12.8 Å². The number of hydrogen-bond donors (Lipinski definition) is 3. The zero-order chi connectivity index (χ0) is 40.5. The van der Waals surface area contributed by atoms with Crippen LogP contribution >= 0.6 is 7.82 Å². The third kappa shape index (κ3) is 37.8. The molecule has 3 N–H and O–H groups in total. The van der Waals surface area contributed by atoms with Crippen LogP contribution in [0.1, 0.15) is 142 Å². The van der Waals surface area contributed by atoms with Crippen molar-refractivity contribution in [3.8, 4) is 0 Å². The van der Waals surface area contributed by atoms with Crippen molar-refractivity contribution in [1.82, 2.24) is 0 Å². The second-order valence-electron chi connectivity index (χ2n) is 13.2. The summed E-state index contributed by atoms with van der Waals surface area (Å²) in [5, 5.41) is 19.1. The molecular weight excluding hydrogens is 719 g/mol. The van der Waals surface area contributed by atoms with E-state index in [4.69, 9.17) is 18.5 Å². The quantitative estimate of drug-likeness (QED) is 0.0240. The summed E-state index contributed by atoms with van der Waals surface area (Å²) in [5.74, 6) is -1.17. The molecule has 10 nitrogen and oxygen atoms in total. The first kappa shape index (κ1) is 52.2. The maximum absolute atomic E-state index is 12.3. The Morgan fingerprint density at radius 1 is 0.527 bits per heavy atom. The van der Waals surface area contributed by atoms with Crippen LogP contribution in [0.25, 0.3) is 0 Å². The van der Waals surface area contributed by atoms with E-state index in [2.05, 4.69) is 74.6 Å². The Hall–Kier alpha value is -2.85. The van der Waals surface area contributed by atoms with Crippen molar-refractivity contribution < 1.29 is 47.8 Å². The van der Waals surface area contributed by atoms with Crippen molar-refractivity contribution in [3.05, 3.63) is 85.1 Å². The van der Waals surface area contributed by atoms with Crippen molar-refractivity contribution in [2.75, 3.05) is 26.4 Å². The molecule has 314 valence electrons. The van der Waals surface area contributed by atoms with E-state index < -0.39 is 58.4 Å². The van der Waals surface area contributed by atoms with Gasteiger partial charge in [-0.2, -0.15) is 0 Å². The average Bonchev–Trinajstić information content (AvgIpc) is 3.17. The van der Waals surface area contributed by atoms with Crippen LogP contribution in [-0.2, 0) is 32.7 Å². The SMILES string of the molecule is CC/C=C\C/C=C\C/C=C\C/C=C\C/C=C\CC(=O)OC(CO)COP(=O)(O)OCC(CO)OC(=O)CCCCCCCCC/C=C\C/C=C\CCCCC. The second kappa shape index (κ2) is 39.4. The molecule has 11 heteroatoms. The Kier molecular flexibility index (Phi) is 37.3. The number of rotatable bonds is 37. The summed E-state index contributed by atoms with van der Waals surface area (Å²) in [6.07, 6.45) is 45.8. The molecule has 0 amide bonds. The van der Waals surface area contributed by atoms with Gasteiger partial charge >= 0.3 is 19.8 Å². The molecule has 0 heterocycles. The van der Waals surface area contributed by atoms with Gasteiger partial charge in [0.05, 0.1) is 32.8 Å². The minimum absolute atomic E-state index is 0.0449. The van der Waals surface area contributed by atoms with Crippen LogP contribution in [0.4, 0.5) is 0 Å². The molecule has 0 aromatic heterocycles. The molecule has 0 aromatic rings. The molecule has 0 saturated carbocycles. The lowest BCUT2D eigenvalue weighted by Crippen LogP contribution is -2.28. The molecule has 0 spiro atoms. The zero-order valence-electron chi connectivity index (χ0n) is 33.9. The van der Waals surface area contributed by atoms with Crippen LogP contribution in [0, 0.1) is 0 Å². The van der Waals surface area contributed by atoms with E-state index in [1.165, 1.54) is 38.5 Å². The molecule has 0 aliphatic rings. The summed E-state index contributed by atoms with van der Waals surface area (Å²) in [6, 6.07) is 0. The number of hydrogen-bond acceptors (Lipinski definition) is 9. The number of aliphatic hydroxyl groups excluding tert-OH is 2. The lowest BCUT2D eigenvalue weighted by molar-refractivity contribution is -0.153. The fourth-order valence-electron chi connectivity index (χ4n) is 4.98. The van der Waals surface area contributed by atoms with E-state index in [0.717, 1.165) is 64.2 Å². The minimum Gasteiger partial charge on any atom is -0.457 e. The van der Waals surface area contributed by atoms with Crippen LogP contribution in [0.15, 0.2) is 85.1 Å². The highest BCUT2D eigenvalue weighted by molar-refractivity contribution is 7.47. The highest BCUT2D eigenvalue weighted by Gasteiger charge is 2.27. The number of phosphoric ester groups is 1. The molecule has 0 saturated heterocycles. The van der Waals surface area contributed by atoms with Gasteiger partial charge in [0.1, 0.15) is 12.2 Å². The second-order valence-corrected chi connectivity index (χ2v) is 14.7. The number of ether oxygens (including phenoxy) is 2. The Labute approximate surface area is 332 Å². The first-order valence-electron chi connectivity index (χ1n) is 20.5. The van der Waals surface area contributed by atoms with Gasteiger partial charge in [0.25, 0.3) is 0 Å². The number of aliphatic hydroxyl groups is 2. The highest BCUT2D eigenvalue weighted by Crippen LogP contribution is 2.43. The fourth-order valence-corrected chi connectivity index (χ4v) is 5.77. The smallest absolute Gasteiger partial charge is 0.457 e. The average molecular weight is 793 g/mol. The van der Waals surface area contributed by atoms with Gasteiger partial charge in [-0.05, 0) is 70.6 Å². The minimum atomic E-state index is -4.67. The van der Waals surface area contributed by atoms with Crippen LogP contribution < -0.4 is 0 Å². The Morgan fingerprint density at radius 2 is 0.927 bits per heavy atom.